The van der Waals surface area contributed by atoms with Gasteiger partial charge in [-0.2, -0.15) is 0 Å². The van der Waals surface area contributed by atoms with E-state index in [0.717, 1.165) is 31.8 Å². The second kappa shape index (κ2) is 6.05. The smallest absolute Gasteiger partial charge is 0.222 e. The maximum Gasteiger partial charge on any atom is 0.222 e. The van der Waals surface area contributed by atoms with Crippen LogP contribution in [0.25, 0.3) is 0 Å². The van der Waals surface area contributed by atoms with E-state index in [9.17, 15) is 4.79 Å². The van der Waals surface area contributed by atoms with Crippen molar-refractivity contribution in [1.29, 1.82) is 0 Å². The summed E-state index contributed by atoms with van der Waals surface area (Å²) in [5.41, 5.74) is 6.04. The van der Waals surface area contributed by atoms with Crippen molar-refractivity contribution in [2.24, 2.45) is 17.1 Å². The Hall–Kier alpha value is -0.570. The molecule has 104 valence electrons. The van der Waals surface area contributed by atoms with Crippen LogP contribution in [0.4, 0.5) is 0 Å². The van der Waals surface area contributed by atoms with E-state index in [-0.39, 0.29) is 5.41 Å². The van der Waals surface area contributed by atoms with E-state index in [1.165, 1.54) is 44.9 Å². The molecule has 3 nitrogen and oxygen atoms in total. The summed E-state index contributed by atoms with van der Waals surface area (Å²) >= 11 is 0. The normalized spacial score (nSPS) is 22.8. The largest absolute Gasteiger partial charge is 0.345 e. The van der Waals surface area contributed by atoms with Crippen LogP contribution in [0.1, 0.15) is 57.8 Å². The van der Waals surface area contributed by atoms with Crippen LogP contribution in [0.2, 0.25) is 0 Å². The average molecular weight is 252 g/mol. The molecular weight excluding hydrogens is 224 g/mol. The van der Waals surface area contributed by atoms with Crippen molar-refractivity contribution in [1.82, 2.24) is 4.90 Å². The first-order valence-corrected chi connectivity index (χ1v) is 7.59. The molecule has 18 heavy (non-hydrogen) atoms. The molecule has 0 radical (unpaired) electrons. The molecule has 0 saturated heterocycles. The first kappa shape index (κ1) is 13.9. The van der Waals surface area contributed by atoms with Gasteiger partial charge in [0.05, 0.1) is 0 Å². The van der Waals surface area contributed by atoms with Crippen LogP contribution in [0.3, 0.4) is 0 Å². The van der Waals surface area contributed by atoms with Gasteiger partial charge in [-0.1, -0.05) is 32.1 Å². The summed E-state index contributed by atoms with van der Waals surface area (Å²) in [5, 5.41) is 0. The summed E-state index contributed by atoms with van der Waals surface area (Å²) in [4.78, 5) is 14.0. The molecule has 2 N–H and O–H groups in total. The standard InChI is InChI=1S/C15H28N2O/c1-17(12-15(11-16)9-10-15)14(18)8-7-13-5-3-2-4-6-13/h13H,2-12,16H2,1H3. The number of hydrogen-bond donors (Lipinski definition) is 1. The number of nitrogens with two attached hydrogens (primary N) is 1. The van der Waals surface area contributed by atoms with Crippen molar-refractivity contribution in [3.05, 3.63) is 0 Å². The molecule has 2 saturated carbocycles. The highest BCUT2D eigenvalue weighted by atomic mass is 16.2. The molecule has 2 rings (SSSR count). The Balaban J connectivity index is 1.67. The van der Waals surface area contributed by atoms with Crippen LogP contribution < -0.4 is 5.73 Å². The molecule has 2 fully saturated rings. The third kappa shape index (κ3) is 3.71. The van der Waals surface area contributed by atoms with Gasteiger partial charge in [0.2, 0.25) is 5.91 Å². The zero-order chi connectivity index (χ0) is 13.0. The molecule has 0 aromatic heterocycles. The van der Waals surface area contributed by atoms with Gasteiger partial charge in [-0.15, -0.1) is 0 Å². The fraction of sp³-hybridized carbons (Fsp3) is 0.933. The zero-order valence-corrected chi connectivity index (χ0v) is 11.8. The van der Waals surface area contributed by atoms with Crippen LogP contribution in [-0.4, -0.2) is 30.9 Å². The van der Waals surface area contributed by atoms with Gasteiger partial charge in [-0.25, -0.2) is 0 Å². The third-order valence-corrected chi connectivity index (χ3v) is 4.88. The van der Waals surface area contributed by atoms with Crippen LogP contribution in [-0.2, 0) is 4.79 Å². The summed E-state index contributed by atoms with van der Waals surface area (Å²) in [6, 6.07) is 0. The van der Waals surface area contributed by atoms with Crippen LogP contribution >= 0.6 is 0 Å². The van der Waals surface area contributed by atoms with E-state index in [2.05, 4.69) is 0 Å². The predicted molar refractivity (Wildman–Crippen MR) is 74.2 cm³/mol. The van der Waals surface area contributed by atoms with Crippen LogP contribution in [0.5, 0.6) is 0 Å². The maximum atomic E-state index is 12.1. The molecular formula is C15H28N2O. The molecule has 2 aliphatic rings. The van der Waals surface area contributed by atoms with E-state index in [0.29, 0.717) is 5.91 Å². The molecule has 3 heteroatoms. The summed E-state index contributed by atoms with van der Waals surface area (Å²) in [6.45, 7) is 1.60. The highest BCUT2D eigenvalue weighted by molar-refractivity contribution is 5.75. The van der Waals surface area contributed by atoms with E-state index in [1.807, 2.05) is 11.9 Å². The molecule has 2 aliphatic carbocycles. The number of nitrogens with zero attached hydrogens (tertiary/aromatic N) is 1. The molecule has 0 bridgehead atoms. The zero-order valence-electron chi connectivity index (χ0n) is 11.8. The summed E-state index contributed by atoms with van der Waals surface area (Å²) in [6.07, 6.45) is 11.0. The molecule has 0 spiro atoms. The third-order valence-electron chi connectivity index (χ3n) is 4.88. The van der Waals surface area contributed by atoms with Gasteiger partial charge in [-0.05, 0) is 31.7 Å². The second-order valence-corrected chi connectivity index (χ2v) is 6.50. The number of amides is 1. The maximum absolute atomic E-state index is 12.1. The Morgan fingerprint density at radius 1 is 1.28 bits per heavy atom. The van der Waals surface area contributed by atoms with Crippen molar-refractivity contribution in [2.45, 2.75) is 57.8 Å². The summed E-state index contributed by atoms with van der Waals surface area (Å²) in [7, 11) is 1.94. The minimum absolute atomic E-state index is 0.273. The van der Waals surface area contributed by atoms with Gasteiger partial charge < -0.3 is 10.6 Å². The Morgan fingerprint density at radius 3 is 2.50 bits per heavy atom. The van der Waals surface area contributed by atoms with E-state index in [1.54, 1.807) is 0 Å². The topological polar surface area (TPSA) is 46.3 Å². The average Bonchev–Trinajstić information content (AvgIpc) is 3.17. The molecule has 0 atom stereocenters. The Morgan fingerprint density at radius 2 is 1.94 bits per heavy atom. The number of carbonyl (C=O) groups is 1. The number of hydrogen-bond acceptors (Lipinski definition) is 2. The minimum atomic E-state index is 0.273. The monoisotopic (exact) mass is 252 g/mol. The summed E-state index contributed by atoms with van der Waals surface area (Å²) in [5.74, 6) is 1.13. The van der Waals surface area contributed by atoms with Crippen molar-refractivity contribution in [2.75, 3.05) is 20.1 Å². The molecule has 0 heterocycles. The fourth-order valence-corrected chi connectivity index (χ4v) is 3.19. The van der Waals surface area contributed by atoms with Gasteiger partial charge >= 0.3 is 0 Å². The lowest BCUT2D eigenvalue weighted by Crippen LogP contribution is -2.35. The first-order chi connectivity index (χ1) is 8.65. The van der Waals surface area contributed by atoms with E-state index < -0.39 is 0 Å². The van der Waals surface area contributed by atoms with Crippen molar-refractivity contribution < 1.29 is 4.79 Å². The highest BCUT2D eigenvalue weighted by Gasteiger charge is 2.42. The minimum Gasteiger partial charge on any atom is -0.345 e. The Kier molecular flexibility index (Phi) is 4.66. The van der Waals surface area contributed by atoms with Crippen molar-refractivity contribution in [3.63, 3.8) is 0 Å². The van der Waals surface area contributed by atoms with Gasteiger partial charge in [-0.3, -0.25) is 4.79 Å². The quantitative estimate of drug-likeness (QED) is 0.789. The molecule has 0 unspecified atom stereocenters. The van der Waals surface area contributed by atoms with Gasteiger partial charge in [0.15, 0.2) is 0 Å². The second-order valence-electron chi connectivity index (χ2n) is 6.50. The lowest BCUT2D eigenvalue weighted by molar-refractivity contribution is -0.131. The molecule has 0 aliphatic heterocycles. The van der Waals surface area contributed by atoms with E-state index in [4.69, 9.17) is 5.73 Å². The van der Waals surface area contributed by atoms with Gasteiger partial charge in [0, 0.05) is 25.4 Å². The van der Waals surface area contributed by atoms with E-state index >= 15 is 0 Å². The first-order valence-electron chi connectivity index (χ1n) is 7.59. The molecule has 0 aromatic carbocycles. The van der Waals surface area contributed by atoms with Crippen molar-refractivity contribution in [3.8, 4) is 0 Å². The van der Waals surface area contributed by atoms with Crippen molar-refractivity contribution >= 4 is 5.91 Å². The lowest BCUT2D eigenvalue weighted by Gasteiger charge is -2.25. The van der Waals surface area contributed by atoms with Gasteiger partial charge in [0.25, 0.3) is 0 Å². The van der Waals surface area contributed by atoms with Crippen LogP contribution in [0.15, 0.2) is 0 Å². The molecule has 0 aromatic rings. The fourth-order valence-electron chi connectivity index (χ4n) is 3.19. The molecule has 1 amide bonds. The highest BCUT2D eigenvalue weighted by Crippen LogP contribution is 2.45. The Bertz CT molecular complexity index is 280. The number of carbonyl (C=O) groups excluding carboxylic acids is 1. The Labute approximate surface area is 111 Å². The number of rotatable bonds is 6. The SMILES string of the molecule is CN(CC1(CN)CC1)C(=O)CCC1CCCCC1. The predicted octanol–water partition coefficient (Wildman–Crippen LogP) is 2.54. The van der Waals surface area contributed by atoms with Gasteiger partial charge in [0.1, 0.15) is 0 Å². The van der Waals surface area contributed by atoms with Crippen LogP contribution in [0, 0.1) is 11.3 Å². The lowest BCUT2D eigenvalue weighted by atomic mass is 9.86. The summed E-state index contributed by atoms with van der Waals surface area (Å²) < 4.78 is 0.